The van der Waals surface area contributed by atoms with Crippen LogP contribution in [-0.4, -0.2) is 17.0 Å². The number of nitrogens with zero attached hydrogens (tertiary/aromatic N) is 4. The van der Waals surface area contributed by atoms with Gasteiger partial charge in [0.2, 0.25) is 5.88 Å². The maximum Gasteiger partial charge on any atom is 0.200 e. The number of anilines is 2. The molecule has 0 unspecified atom stereocenters. The molecule has 5 nitrogen and oxygen atoms in total. The number of furan rings is 1. The molecule has 80 valence electrons. The summed E-state index contributed by atoms with van der Waals surface area (Å²) >= 11 is 0. The van der Waals surface area contributed by atoms with Gasteiger partial charge in [0.05, 0.1) is 0 Å². The Hall–Kier alpha value is -2.35. The number of aryl methyl sites for hydroxylation is 1. The van der Waals surface area contributed by atoms with Crippen LogP contribution >= 0.6 is 0 Å². The zero-order valence-corrected chi connectivity index (χ0v) is 9.01. The highest BCUT2D eigenvalue weighted by atomic mass is 16.4. The van der Waals surface area contributed by atoms with E-state index < -0.39 is 0 Å². The zero-order chi connectivity index (χ0) is 11.5. The third kappa shape index (κ3) is 1.86. The average Bonchev–Trinajstić information content (AvgIpc) is 2.75. The fourth-order valence-corrected chi connectivity index (χ4v) is 1.31. The fourth-order valence-electron chi connectivity index (χ4n) is 1.31. The first kappa shape index (κ1) is 10.2. The third-order valence-electron chi connectivity index (χ3n) is 2.17. The molecular weight excluding hydrogens is 204 g/mol. The number of hydrogen-bond acceptors (Lipinski definition) is 5. The first-order valence-electron chi connectivity index (χ1n) is 4.73. The lowest BCUT2D eigenvalue weighted by Crippen LogP contribution is -2.10. The van der Waals surface area contributed by atoms with Crippen LogP contribution in [0.25, 0.3) is 0 Å². The van der Waals surface area contributed by atoms with E-state index in [4.69, 9.17) is 9.68 Å². The molecule has 0 fully saturated rings. The van der Waals surface area contributed by atoms with Gasteiger partial charge in [-0.05, 0) is 13.0 Å². The molecule has 0 radical (unpaired) electrons. The molecule has 0 saturated heterocycles. The summed E-state index contributed by atoms with van der Waals surface area (Å²) < 4.78 is 5.46. The molecule has 0 N–H and O–H groups in total. The van der Waals surface area contributed by atoms with E-state index >= 15 is 0 Å². The molecule has 0 bridgehead atoms. The van der Waals surface area contributed by atoms with Crippen LogP contribution in [0.5, 0.6) is 0 Å². The minimum Gasteiger partial charge on any atom is -0.445 e. The maximum absolute atomic E-state index is 8.74. The summed E-state index contributed by atoms with van der Waals surface area (Å²) in [5.41, 5.74) is 0.333. The second-order valence-corrected chi connectivity index (χ2v) is 3.32. The normalized spacial score (nSPS) is 9.81. The van der Waals surface area contributed by atoms with Gasteiger partial charge < -0.3 is 4.42 Å². The van der Waals surface area contributed by atoms with E-state index in [0.717, 1.165) is 5.76 Å². The lowest BCUT2D eigenvalue weighted by atomic mass is 10.4. The van der Waals surface area contributed by atoms with Gasteiger partial charge in [0, 0.05) is 19.2 Å². The summed E-state index contributed by atoms with van der Waals surface area (Å²) in [4.78, 5) is 9.65. The summed E-state index contributed by atoms with van der Waals surface area (Å²) in [6.45, 7) is 1.87. The van der Waals surface area contributed by atoms with E-state index in [1.54, 1.807) is 11.0 Å². The Balaban J connectivity index is 2.34. The number of aromatic nitrogens is 2. The quantitative estimate of drug-likeness (QED) is 0.765. The van der Waals surface area contributed by atoms with Crippen molar-refractivity contribution < 1.29 is 4.42 Å². The summed E-state index contributed by atoms with van der Waals surface area (Å²) in [5.74, 6) is 2.14. The molecule has 0 spiro atoms. The summed E-state index contributed by atoms with van der Waals surface area (Å²) in [5, 5.41) is 8.74. The van der Waals surface area contributed by atoms with Crippen LogP contribution in [-0.2, 0) is 0 Å². The van der Waals surface area contributed by atoms with Crippen molar-refractivity contribution >= 4 is 11.7 Å². The Morgan fingerprint density at radius 3 is 2.81 bits per heavy atom. The van der Waals surface area contributed by atoms with Crippen LogP contribution in [0.1, 0.15) is 11.5 Å². The Kier molecular flexibility index (Phi) is 2.56. The first-order chi connectivity index (χ1) is 7.70. The minimum atomic E-state index is 0.333. The van der Waals surface area contributed by atoms with Crippen LogP contribution in [0.15, 0.2) is 28.9 Å². The lowest BCUT2D eigenvalue weighted by Gasteiger charge is -2.14. The van der Waals surface area contributed by atoms with E-state index in [2.05, 4.69) is 9.97 Å². The molecular formula is C11H10N4O. The molecule has 0 saturated carbocycles. The average molecular weight is 214 g/mol. The van der Waals surface area contributed by atoms with E-state index in [1.807, 2.05) is 32.2 Å². The SMILES string of the molecule is Cc1ccc(N(C)c2cc(C#N)ncn2)o1. The van der Waals surface area contributed by atoms with Gasteiger partial charge in [0.25, 0.3) is 0 Å². The van der Waals surface area contributed by atoms with Crippen molar-refractivity contribution in [1.29, 1.82) is 5.26 Å². The maximum atomic E-state index is 8.74. The van der Waals surface area contributed by atoms with E-state index in [9.17, 15) is 0 Å². The van der Waals surface area contributed by atoms with Crippen LogP contribution in [0.4, 0.5) is 11.7 Å². The molecule has 0 amide bonds. The number of nitriles is 1. The third-order valence-corrected chi connectivity index (χ3v) is 2.17. The van der Waals surface area contributed by atoms with E-state index in [-0.39, 0.29) is 0 Å². The zero-order valence-electron chi connectivity index (χ0n) is 9.01. The van der Waals surface area contributed by atoms with Gasteiger partial charge in [0.15, 0.2) is 0 Å². The van der Waals surface area contributed by atoms with Crippen molar-refractivity contribution in [3.63, 3.8) is 0 Å². The first-order valence-corrected chi connectivity index (χ1v) is 4.73. The summed E-state index contributed by atoms with van der Waals surface area (Å²) in [6.07, 6.45) is 1.36. The van der Waals surface area contributed by atoms with Crippen LogP contribution < -0.4 is 4.90 Å². The predicted octanol–water partition coefficient (Wildman–Crippen LogP) is 2.02. The Morgan fingerprint density at radius 1 is 1.38 bits per heavy atom. The topological polar surface area (TPSA) is 66.0 Å². The highest BCUT2D eigenvalue weighted by Crippen LogP contribution is 2.23. The second kappa shape index (κ2) is 4.03. The fraction of sp³-hybridized carbons (Fsp3) is 0.182. The highest BCUT2D eigenvalue weighted by molar-refractivity contribution is 5.54. The molecule has 0 atom stereocenters. The van der Waals surface area contributed by atoms with Crippen molar-refractivity contribution in [2.45, 2.75) is 6.92 Å². The lowest BCUT2D eigenvalue weighted by molar-refractivity contribution is 0.537. The molecule has 0 aromatic carbocycles. The van der Waals surface area contributed by atoms with Crippen molar-refractivity contribution in [3.8, 4) is 6.07 Å². The van der Waals surface area contributed by atoms with Crippen molar-refractivity contribution in [1.82, 2.24) is 9.97 Å². The van der Waals surface area contributed by atoms with E-state index in [0.29, 0.717) is 17.4 Å². The van der Waals surface area contributed by atoms with Gasteiger partial charge in [-0.15, -0.1) is 0 Å². The van der Waals surface area contributed by atoms with Gasteiger partial charge in [-0.1, -0.05) is 0 Å². The molecule has 0 aliphatic rings. The van der Waals surface area contributed by atoms with Crippen LogP contribution in [0.2, 0.25) is 0 Å². The monoisotopic (exact) mass is 214 g/mol. The van der Waals surface area contributed by atoms with Gasteiger partial charge in [0.1, 0.15) is 29.7 Å². The Morgan fingerprint density at radius 2 is 2.19 bits per heavy atom. The molecule has 2 heterocycles. The van der Waals surface area contributed by atoms with Gasteiger partial charge in [-0.3, -0.25) is 4.90 Å². The van der Waals surface area contributed by atoms with Crippen LogP contribution in [0, 0.1) is 18.3 Å². The number of hydrogen-bond donors (Lipinski definition) is 0. The number of rotatable bonds is 2. The van der Waals surface area contributed by atoms with Crippen molar-refractivity contribution in [2.75, 3.05) is 11.9 Å². The predicted molar refractivity (Wildman–Crippen MR) is 58.3 cm³/mol. The standard InChI is InChI=1S/C11H10N4O/c1-8-3-4-11(16-8)15(2)10-5-9(6-12)13-7-14-10/h3-5,7H,1-2H3. The second-order valence-electron chi connectivity index (χ2n) is 3.32. The van der Waals surface area contributed by atoms with Crippen molar-refractivity contribution in [2.24, 2.45) is 0 Å². The van der Waals surface area contributed by atoms with Gasteiger partial charge in [-0.2, -0.15) is 5.26 Å². The Labute approximate surface area is 93.0 Å². The highest BCUT2D eigenvalue weighted by Gasteiger charge is 2.09. The van der Waals surface area contributed by atoms with Crippen LogP contribution in [0.3, 0.4) is 0 Å². The molecule has 2 aromatic heterocycles. The summed E-state index contributed by atoms with van der Waals surface area (Å²) in [6, 6.07) is 7.30. The molecule has 16 heavy (non-hydrogen) atoms. The molecule has 0 aliphatic carbocycles. The Bertz CT molecular complexity index is 541. The molecule has 5 heteroatoms. The van der Waals surface area contributed by atoms with E-state index in [1.165, 1.54) is 6.33 Å². The summed E-state index contributed by atoms with van der Waals surface area (Å²) in [7, 11) is 1.82. The van der Waals surface area contributed by atoms with Crippen molar-refractivity contribution in [3.05, 3.63) is 36.0 Å². The molecule has 2 aromatic rings. The largest absolute Gasteiger partial charge is 0.445 e. The minimum absolute atomic E-state index is 0.333. The van der Waals surface area contributed by atoms with Gasteiger partial charge in [-0.25, -0.2) is 9.97 Å². The smallest absolute Gasteiger partial charge is 0.200 e. The molecule has 2 rings (SSSR count). The van der Waals surface area contributed by atoms with Gasteiger partial charge >= 0.3 is 0 Å². The molecule has 0 aliphatic heterocycles.